The second kappa shape index (κ2) is 7.54. The fraction of sp³-hybridized carbons (Fsp3) is 0. The molecule has 16 heavy (non-hydrogen) atoms. The van der Waals surface area contributed by atoms with E-state index in [1.807, 2.05) is 48.5 Å². The largest absolute Gasteiger partial charge is 0.143 e. The van der Waals surface area contributed by atoms with E-state index in [4.69, 9.17) is 0 Å². The lowest BCUT2D eigenvalue weighted by atomic mass is 10.4. The molecule has 0 aliphatic carbocycles. The lowest BCUT2D eigenvalue weighted by molar-refractivity contribution is 1.48. The second-order valence-electron chi connectivity index (χ2n) is 2.89. The first-order chi connectivity index (χ1) is 7.59. The van der Waals surface area contributed by atoms with Gasteiger partial charge >= 0.3 is 0 Å². The summed E-state index contributed by atoms with van der Waals surface area (Å²) >= 11 is 14.2. The molecule has 0 aliphatic rings. The van der Waals surface area contributed by atoms with Crippen LogP contribution >= 0.6 is 60.4 Å². The summed E-state index contributed by atoms with van der Waals surface area (Å²) in [4.78, 5) is 1.02. The molecule has 84 valence electrons. The Kier molecular flexibility index (Phi) is 6.73. The molecule has 2 rings (SSSR count). The maximum atomic E-state index is 4.08. The summed E-state index contributed by atoms with van der Waals surface area (Å²) in [6.45, 7) is 0. The van der Waals surface area contributed by atoms with Crippen LogP contribution in [-0.4, -0.2) is 0 Å². The van der Waals surface area contributed by atoms with Crippen LogP contribution in [0.5, 0.6) is 0 Å². The molecule has 0 spiro atoms. The summed E-state index contributed by atoms with van der Waals surface area (Å²) in [6.07, 6.45) is 0. The van der Waals surface area contributed by atoms with Crippen LogP contribution in [0, 0.1) is 0 Å². The van der Waals surface area contributed by atoms with Gasteiger partial charge in [0.25, 0.3) is 0 Å². The highest BCUT2D eigenvalue weighted by Crippen LogP contribution is 2.25. The molecule has 0 nitrogen and oxygen atoms in total. The smallest absolute Gasteiger partial charge is 0.0328 e. The first-order valence-corrected chi connectivity index (χ1v) is 7.27. The number of thiol groups is 1. The predicted octanol–water partition coefficient (Wildman–Crippen LogP) is 5.95. The minimum absolute atomic E-state index is 1.02. The Bertz CT molecular complexity index is 443. The Morgan fingerprint density at radius 2 is 1.38 bits per heavy atom. The van der Waals surface area contributed by atoms with Gasteiger partial charge < -0.3 is 0 Å². The van der Waals surface area contributed by atoms with Crippen molar-refractivity contribution in [3.05, 3.63) is 61.9 Å². The van der Waals surface area contributed by atoms with Crippen LogP contribution in [0.3, 0.4) is 0 Å². The molecule has 0 fully saturated rings. The van der Waals surface area contributed by atoms with Crippen LogP contribution in [0.1, 0.15) is 0 Å². The van der Waals surface area contributed by atoms with E-state index in [2.05, 4.69) is 60.4 Å². The molecule has 0 heterocycles. The highest BCUT2D eigenvalue weighted by atomic mass is 79.9. The monoisotopic (exact) mass is 422 g/mol. The third kappa shape index (κ3) is 5.53. The van der Waals surface area contributed by atoms with Crippen molar-refractivity contribution in [2.24, 2.45) is 0 Å². The zero-order chi connectivity index (χ0) is 12.0. The van der Waals surface area contributed by atoms with Gasteiger partial charge in [-0.3, -0.25) is 0 Å². The van der Waals surface area contributed by atoms with Crippen molar-refractivity contribution in [1.82, 2.24) is 0 Å². The first-order valence-electron chi connectivity index (χ1n) is 4.44. The molecule has 0 bridgehead atoms. The van der Waals surface area contributed by atoms with E-state index in [9.17, 15) is 0 Å². The molecule has 4 heteroatoms. The van der Waals surface area contributed by atoms with E-state index in [1.54, 1.807) is 0 Å². The lowest BCUT2D eigenvalue weighted by Crippen LogP contribution is -1.67. The molecule has 2 aromatic rings. The Morgan fingerprint density at radius 3 is 1.75 bits per heavy atom. The van der Waals surface area contributed by atoms with Gasteiger partial charge in [-0.2, -0.15) is 0 Å². The third-order valence-corrected chi connectivity index (χ3v) is 4.31. The SMILES string of the molecule is Brc1ccc(Br)c(Br)c1.Sc1ccccc1. The van der Waals surface area contributed by atoms with Gasteiger partial charge in [-0.05, 0) is 62.2 Å². The number of hydrogen-bond donors (Lipinski definition) is 1. The molecular formula is C12H9Br3S. The first kappa shape index (κ1) is 14.3. The number of benzene rings is 2. The molecule has 0 amide bonds. The maximum Gasteiger partial charge on any atom is 0.0328 e. The third-order valence-electron chi connectivity index (χ3n) is 1.64. The summed E-state index contributed by atoms with van der Waals surface area (Å²) in [5.74, 6) is 0. The average Bonchev–Trinajstić information content (AvgIpc) is 2.26. The van der Waals surface area contributed by atoms with Gasteiger partial charge in [0, 0.05) is 18.3 Å². The minimum atomic E-state index is 1.02. The molecule has 2 aromatic carbocycles. The lowest BCUT2D eigenvalue weighted by Gasteiger charge is -1.93. The molecule has 0 N–H and O–H groups in total. The van der Waals surface area contributed by atoms with Crippen LogP contribution in [0.4, 0.5) is 0 Å². The highest BCUT2D eigenvalue weighted by Gasteiger charge is 1.93. The van der Waals surface area contributed by atoms with Crippen molar-refractivity contribution in [3.8, 4) is 0 Å². The normalized spacial score (nSPS) is 9.25. The maximum absolute atomic E-state index is 4.08. The Morgan fingerprint density at radius 1 is 0.750 bits per heavy atom. The van der Waals surface area contributed by atoms with E-state index in [-0.39, 0.29) is 0 Å². The number of halogens is 3. The van der Waals surface area contributed by atoms with Crippen LogP contribution in [0.15, 0.2) is 66.8 Å². The fourth-order valence-electron chi connectivity index (χ4n) is 0.898. The molecule has 0 aromatic heterocycles. The quantitative estimate of drug-likeness (QED) is 0.392. The zero-order valence-electron chi connectivity index (χ0n) is 8.20. The molecule has 0 saturated heterocycles. The van der Waals surface area contributed by atoms with Gasteiger partial charge in [-0.15, -0.1) is 12.6 Å². The van der Waals surface area contributed by atoms with Crippen molar-refractivity contribution in [2.45, 2.75) is 4.90 Å². The van der Waals surface area contributed by atoms with Crippen molar-refractivity contribution >= 4 is 60.4 Å². The van der Waals surface area contributed by atoms with Crippen LogP contribution in [-0.2, 0) is 0 Å². The topological polar surface area (TPSA) is 0 Å². The van der Waals surface area contributed by atoms with Crippen molar-refractivity contribution in [2.75, 3.05) is 0 Å². The second-order valence-corrected chi connectivity index (χ2v) is 6.03. The fourth-order valence-corrected chi connectivity index (χ4v) is 2.36. The highest BCUT2D eigenvalue weighted by molar-refractivity contribution is 9.13. The molecule has 0 aliphatic heterocycles. The van der Waals surface area contributed by atoms with E-state index in [1.165, 1.54) is 0 Å². The van der Waals surface area contributed by atoms with E-state index in [0.717, 1.165) is 18.3 Å². The predicted molar refractivity (Wildman–Crippen MR) is 83.2 cm³/mol. The number of rotatable bonds is 0. The molecular weight excluding hydrogens is 416 g/mol. The van der Waals surface area contributed by atoms with Crippen LogP contribution in [0.2, 0.25) is 0 Å². The van der Waals surface area contributed by atoms with Crippen molar-refractivity contribution < 1.29 is 0 Å². The Labute approximate surface area is 126 Å². The van der Waals surface area contributed by atoms with Gasteiger partial charge in [-0.25, -0.2) is 0 Å². The summed E-state index contributed by atoms with van der Waals surface area (Å²) < 4.78 is 3.22. The van der Waals surface area contributed by atoms with E-state index < -0.39 is 0 Å². The summed E-state index contributed by atoms with van der Waals surface area (Å²) in [7, 11) is 0. The summed E-state index contributed by atoms with van der Waals surface area (Å²) in [6, 6.07) is 15.7. The zero-order valence-corrected chi connectivity index (χ0v) is 13.9. The minimum Gasteiger partial charge on any atom is -0.143 e. The number of hydrogen-bond acceptors (Lipinski definition) is 1. The van der Waals surface area contributed by atoms with Gasteiger partial charge in [0.15, 0.2) is 0 Å². The van der Waals surface area contributed by atoms with Gasteiger partial charge in [0.1, 0.15) is 0 Å². The van der Waals surface area contributed by atoms with E-state index >= 15 is 0 Å². The molecule has 0 unspecified atom stereocenters. The van der Waals surface area contributed by atoms with E-state index in [0.29, 0.717) is 0 Å². The van der Waals surface area contributed by atoms with Crippen molar-refractivity contribution in [1.29, 1.82) is 0 Å². The average molecular weight is 425 g/mol. The Balaban J connectivity index is 0.000000165. The standard InChI is InChI=1S/C6H3Br3.C6H6S/c7-4-1-2-5(8)6(9)3-4;7-6-4-2-1-3-5-6/h1-3H;1-5,7H. The molecule has 0 saturated carbocycles. The van der Waals surface area contributed by atoms with Crippen LogP contribution in [0.25, 0.3) is 0 Å². The van der Waals surface area contributed by atoms with Gasteiger partial charge in [-0.1, -0.05) is 34.1 Å². The summed E-state index contributed by atoms with van der Waals surface area (Å²) in [5, 5.41) is 0. The Hall–Kier alpha value is 0.230. The van der Waals surface area contributed by atoms with Gasteiger partial charge in [0.2, 0.25) is 0 Å². The van der Waals surface area contributed by atoms with Gasteiger partial charge in [0.05, 0.1) is 0 Å². The summed E-state index contributed by atoms with van der Waals surface area (Å²) in [5.41, 5.74) is 0. The van der Waals surface area contributed by atoms with Crippen LogP contribution < -0.4 is 0 Å². The molecule has 0 atom stereocenters. The van der Waals surface area contributed by atoms with Crippen molar-refractivity contribution in [3.63, 3.8) is 0 Å². The molecule has 0 radical (unpaired) electrons.